The van der Waals surface area contributed by atoms with Gasteiger partial charge in [0.05, 0.1) is 19.9 Å². The second-order valence-electron chi connectivity index (χ2n) is 6.14. The van der Waals surface area contributed by atoms with E-state index in [4.69, 9.17) is 9.47 Å². The Hall–Kier alpha value is -3.35. The summed E-state index contributed by atoms with van der Waals surface area (Å²) in [4.78, 5) is 37.2. The van der Waals surface area contributed by atoms with Gasteiger partial charge in [-0.05, 0) is 43.3 Å². The molecule has 2 amide bonds. The smallest absolute Gasteiger partial charge is 0.226 e. The largest absolute Gasteiger partial charge is 0.497 e. The summed E-state index contributed by atoms with van der Waals surface area (Å²) in [6, 6.07) is 11.8. The average Bonchev–Trinajstić information content (AvgIpc) is 2.68. The van der Waals surface area contributed by atoms with E-state index in [1.165, 1.54) is 25.9 Å². The van der Waals surface area contributed by atoms with Gasteiger partial charge in [0, 0.05) is 37.2 Å². The SMILES string of the molecule is COc1ccc(N(CCC(=O)Nc2ccc(C(C)=O)cc2)C(C)=O)c(OC)c1. The topological polar surface area (TPSA) is 84.9 Å². The number of amides is 2. The third-order valence-corrected chi connectivity index (χ3v) is 4.20. The number of benzene rings is 2. The first-order chi connectivity index (χ1) is 13.3. The van der Waals surface area contributed by atoms with Gasteiger partial charge >= 0.3 is 0 Å². The summed E-state index contributed by atoms with van der Waals surface area (Å²) in [6.45, 7) is 3.11. The lowest BCUT2D eigenvalue weighted by molar-refractivity contribution is -0.117. The highest BCUT2D eigenvalue weighted by Crippen LogP contribution is 2.32. The molecule has 0 unspecified atom stereocenters. The summed E-state index contributed by atoms with van der Waals surface area (Å²) in [5.74, 6) is 0.602. The van der Waals surface area contributed by atoms with Crippen molar-refractivity contribution in [2.75, 3.05) is 31.0 Å². The predicted octanol–water partition coefficient (Wildman–Crippen LogP) is 3.29. The maximum atomic E-state index is 12.3. The number of carbonyl (C=O) groups excluding carboxylic acids is 3. The molecule has 28 heavy (non-hydrogen) atoms. The monoisotopic (exact) mass is 384 g/mol. The Bertz CT molecular complexity index is 862. The van der Waals surface area contributed by atoms with Crippen LogP contribution in [0.15, 0.2) is 42.5 Å². The molecule has 0 radical (unpaired) electrons. The van der Waals surface area contributed by atoms with Gasteiger partial charge in [-0.2, -0.15) is 0 Å². The van der Waals surface area contributed by atoms with Crippen LogP contribution in [0.5, 0.6) is 11.5 Å². The second kappa shape index (κ2) is 9.55. The first-order valence-electron chi connectivity index (χ1n) is 8.76. The van der Waals surface area contributed by atoms with Crippen LogP contribution >= 0.6 is 0 Å². The van der Waals surface area contributed by atoms with Crippen molar-refractivity contribution in [3.63, 3.8) is 0 Å². The molecule has 7 nitrogen and oxygen atoms in total. The van der Waals surface area contributed by atoms with Crippen molar-refractivity contribution in [2.45, 2.75) is 20.3 Å². The van der Waals surface area contributed by atoms with E-state index in [1.807, 2.05) is 0 Å². The zero-order valence-electron chi connectivity index (χ0n) is 16.4. The molecule has 0 aliphatic heterocycles. The minimum Gasteiger partial charge on any atom is -0.497 e. The summed E-state index contributed by atoms with van der Waals surface area (Å²) >= 11 is 0. The standard InChI is InChI=1S/C21H24N2O5/c1-14(24)16-5-7-17(8-6-16)22-21(26)11-12-23(15(2)25)19-10-9-18(27-3)13-20(19)28-4/h5-10,13H,11-12H2,1-4H3,(H,22,26). The van der Waals surface area contributed by atoms with E-state index in [2.05, 4.69) is 5.32 Å². The number of nitrogens with zero attached hydrogens (tertiary/aromatic N) is 1. The van der Waals surface area contributed by atoms with Gasteiger partial charge in [-0.1, -0.05) is 0 Å². The number of ketones is 1. The predicted molar refractivity (Wildman–Crippen MR) is 107 cm³/mol. The molecule has 2 aromatic rings. The molecule has 0 bridgehead atoms. The molecular formula is C21H24N2O5. The highest BCUT2D eigenvalue weighted by Gasteiger charge is 2.18. The third-order valence-electron chi connectivity index (χ3n) is 4.20. The van der Waals surface area contributed by atoms with Crippen molar-refractivity contribution < 1.29 is 23.9 Å². The molecule has 2 aromatic carbocycles. The van der Waals surface area contributed by atoms with Crippen molar-refractivity contribution in [2.24, 2.45) is 0 Å². The number of carbonyl (C=O) groups is 3. The van der Waals surface area contributed by atoms with E-state index in [0.29, 0.717) is 28.4 Å². The minimum atomic E-state index is -0.241. The Kier molecular flexibility index (Phi) is 7.14. The number of hydrogen-bond donors (Lipinski definition) is 1. The lowest BCUT2D eigenvalue weighted by Gasteiger charge is -2.23. The van der Waals surface area contributed by atoms with E-state index in [0.717, 1.165) is 0 Å². The van der Waals surface area contributed by atoms with Crippen LogP contribution in [0.4, 0.5) is 11.4 Å². The molecule has 0 aliphatic carbocycles. The maximum absolute atomic E-state index is 12.3. The molecule has 0 fully saturated rings. The van der Waals surface area contributed by atoms with Crippen LogP contribution in [-0.4, -0.2) is 38.4 Å². The van der Waals surface area contributed by atoms with Crippen LogP contribution in [0, 0.1) is 0 Å². The zero-order valence-corrected chi connectivity index (χ0v) is 16.4. The van der Waals surface area contributed by atoms with E-state index in [-0.39, 0.29) is 30.6 Å². The van der Waals surface area contributed by atoms with Gasteiger partial charge in [0.2, 0.25) is 11.8 Å². The lowest BCUT2D eigenvalue weighted by Crippen LogP contribution is -2.32. The first-order valence-corrected chi connectivity index (χ1v) is 8.76. The fourth-order valence-electron chi connectivity index (χ4n) is 2.68. The zero-order chi connectivity index (χ0) is 20.7. The van der Waals surface area contributed by atoms with Crippen LogP contribution in [0.1, 0.15) is 30.6 Å². The summed E-state index contributed by atoms with van der Waals surface area (Å²) < 4.78 is 10.5. The van der Waals surface area contributed by atoms with Crippen molar-refractivity contribution in [1.82, 2.24) is 0 Å². The number of nitrogens with one attached hydrogen (secondary N) is 1. The molecule has 7 heteroatoms. The molecule has 0 saturated heterocycles. The molecule has 2 rings (SSSR count). The molecule has 0 atom stereocenters. The fourth-order valence-corrected chi connectivity index (χ4v) is 2.68. The van der Waals surface area contributed by atoms with Crippen LogP contribution in [0.2, 0.25) is 0 Å². The summed E-state index contributed by atoms with van der Waals surface area (Å²) in [5, 5.41) is 2.76. The van der Waals surface area contributed by atoms with Gasteiger partial charge in [-0.25, -0.2) is 0 Å². The van der Waals surface area contributed by atoms with Crippen LogP contribution in [0.25, 0.3) is 0 Å². The average molecular weight is 384 g/mol. The van der Waals surface area contributed by atoms with Crippen LogP contribution in [0.3, 0.4) is 0 Å². The number of ether oxygens (including phenoxy) is 2. The molecule has 1 N–H and O–H groups in total. The van der Waals surface area contributed by atoms with Crippen molar-refractivity contribution in [3.05, 3.63) is 48.0 Å². The number of methoxy groups -OCH3 is 2. The third kappa shape index (κ3) is 5.33. The summed E-state index contributed by atoms with van der Waals surface area (Å²) in [5.41, 5.74) is 1.73. The van der Waals surface area contributed by atoms with Gasteiger partial charge in [0.15, 0.2) is 5.78 Å². The molecule has 148 valence electrons. The Labute approximate surface area is 164 Å². The van der Waals surface area contributed by atoms with Crippen LogP contribution < -0.4 is 19.7 Å². The van der Waals surface area contributed by atoms with Crippen molar-refractivity contribution in [1.29, 1.82) is 0 Å². The van der Waals surface area contributed by atoms with Crippen molar-refractivity contribution in [3.8, 4) is 11.5 Å². The fraction of sp³-hybridized carbons (Fsp3) is 0.286. The number of rotatable bonds is 8. The maximum Gasteiger partial charge on any atom is 0.226 e. The normalized spacial score (nSPS) is 10.1. The Morgan fingerprint density at radius 2 is 1.64 bits per heavy atom. The highest BCUT2D eigenvalue weighted by atomic mass is 16.5. The quantitative estimate of drug-likeness (QED) is 0.706. The Morgan fingerprint density at radius 3 is 2.18 bits per heavy atom. The van der Waals surface area contributed by atoms with E-state index in [1.54, 1.807) is 49.6 Å². The van der Waals surface area contributed by atoms with Gasteiger partial charge in [0.25, 0.3) is 0 Å². The van der Waals surface area contributed by atoms with E-state index >= 15 is 0 Å². The molecular weight excluding hydrogens is 360 g/mol. The molecule has 0 saturated carbocycles. The molecule has 0 aliphatic rings. The summed E-state index contributed by atoms with van der Waals surface area (Å²) in [6.07, 6.45) is 0.100. The van der Waals surface area contributed by atoms with E-state index in [9.17, 15) is 14.4 Å². The Morgan fingerprint density at radius 1 is 0.964 bits per heavy atom. The van der Waals surface area contributed by atoms with Gasteiger partial charge in [0.1, 0.15) is 11.5 Å². The minimum absolute atomic E-state index is 0.0385. The van der Waals surface area contributed by atoms with E-state index < -0.39 is 0 Å². The van der Waals surface area contributed by atoms with Gasteiger partial charge in [-0.3, -0.25) is 14.4 Å². The molecule has 0 spiro atoms. The molecule has 0 heterocycles. The first kappa shape index (κ1) is 21.0. The van der Waals surface area contributed by atoms with Gasteiger partial charge < -0.3 is 19.7 Å². The van der Waals surface area contributed by atoms with Crippen LogP contribution in [-0.2, 0) is 9.59 Å². The number of anilines is 2. The number of hydrogen-bond acceptors (Lipinski definition) is 5. The van der Waals surface area contributed by atoms with Crippen molar-refractivity contribution >= 4 is 29.0 Å². The highest BCUT2D eigenvalue weighted by molar-refractivity contribution is 5.97. The lowest BCUT2D eigenvalue weighted by atomic mass is 10.1. The summed E-state index contributed by atoms with van der Waals surface area (Å²) in [7, 11) is 3.05. The Balaban J connectivity index is 2.06. The second-order valence-corrected chi connectivity index (χ2v) is 6.14. The number of Topliss-reactive ketones (excluding diaryl/α,β-unsaturated/α-hetero) is 1. The molecule has 0 aromatic heterocycles. The van der Waals surface area contributed by atoms with Gasteiger partial charge in [-0.15, -0.1) is 0 Å².